The van der Waals surface area contributed by atoms with Gasteiger partial charge in [0, 0.05) is 42.2 Å². The number of hydrogen-bond acceptors (Lipinski definition) is 9. The fourth-order valence-electron chi connectivity index (χ4n) is 4.13. The van der Waals surface area contributed by atoms with E-state index in [0.717, 1.165) is 28.3 Å². The number of aromatic amines is 1. The first kappa shape index (κ1) is 22.4. The van der Waals surface area contributed by atoms with Crippen LogP contribution in [0.4, 0.5) is 17.5 Å². The van der Waals surface area contributed by atoms with E-state index in [4.69, 9.17) is 14.7 Å². The van der Waals surface area contributed by atoms with E-state index in [1.807, 2.05) is 24.3 Å². The van der Waals surface area contributed by atoms with E-state index < -0.39 is 10.0 Å². The van der Waals surface area contributed by atoms with Crippen molar-refractivity contribution in [3.8, 4) is 11.4 Å². The molecule has 34 heavy (non-hydrogen) atoms. The van der Waals surface area contributed by atoms with Crippen LogP contribution in [0.3, 0.4) is 0 Å². The molecule has 0 aliphatic carbocycles. The molecule has 178 valence electrons. The second kappa shape index (κ2) is 8.78. The predicted octanol–water partition coefficient (Wildman–Crippen LogP) is 1.47. The summed E-state index contributed by atoms with van der Waals surface area (Å²) in [5, 5.41) is 3.05. The van der Waals surface area contributed by atoms with Crippen LogP contribution in [-0.4, -0.2) is 64.7 Å². The van der Waals surface area contributed by atoms with Crippen LogP contribution >= 0.6 is 0 Å². The highest BCUT2D eigenvalue weighted by Crippen LogP contribution is 2.34. The zero-order chi connectivity index (χ0) is 23.9. The van der Waals surface area contributed by atoms with E-state index in [-0.39, 0.29) is 24.7 Å². The normalized spacial score (nSPS) is 18.6. The van der Waals surface area contributed by atoms with Crippen LogP contribution < -0.4 is 15.8 Å². The molecule has 12 heteroatoms. The zero-order valence-electron chi connectivity index (χ0n) is 18.9. The monoisotopic (exact) mass is 483 g/mol. The summed E-state index contributed by atoms with van der Waals surface area (Å²) in [4.78, 5) is 30.0. The van der Waals surface area contributed by atoms with Gasteiger partial charge < -0.3 is 15.0 Å². The summed E-state index contributed by atoms with van der Waals surface area (Å²) >= 11 is 0. The van der Waals surface area contributed by atoms with Gasteiger partial charge in [-0.05, 0) is 31.2 Å². The van der Waals surface area contributed by atoms with Gasteiger partial charge in [-0.2, -0.15) is 4.31 Å². The Kier molecular flexibility index (Phi) is 5.80. The lowest BCUT2D eigenvalue weighted by molar-refractivity contribution is 0.0984. The van der Waals surface area contributed by atoms with Crippen LogP contribution in [0.15, 0.2) is 41.3 Å². The molecule has 1 aromatic carbocycles. The highest BCUT2D eigenvalue weighted by atomic mass is 32.2. The van der Waals surface area contributed by atoms with E-state index in [0.29, 0.717) is 31.5 Å². The Morgan fingerprint density at radius 2 is 1.94 bits per heavy atom. The van der Waals surface area contributed by atoms with Gasteiger partial charge in [-0.3, -0.25) is 9.78 Å². The molecule has 0 amide bonds. The maximum absolute atomic E-state index is 12.2. The van der Waals surface area contributed by atoms with Gasteiger partial charge in [0.05, 0.1) is 37.8 Å². The quantitative estimate of drug-likeness (QED) is 0.553. The number of hydrogen-bond donors (Lipinski definition) is 2. The number of sulfonamides is 1. The molecule has 1 fully saturated rings. The smallest absolute Gasteiger partial charge is 0.252 e. The van der Waals surface area contributed by atoms with Crippen LogP contribution in [0.2, 0.25) is 0 Å². The Bertz CT molecular complexity index is 1370. The van der Waals surface area contributed by atoms with Gasteiger partial charge in [-0.1, -0.05) is 0 Å². The molecule has 3 aromatic rings. The summed E-state index contributed by atoms with van der Waals surface area (Å²) in [6, 6.07) is 8.90. The molecule has 11 nitrogen and oxygen atoms in total. The minimum absolute atomic E-state index is 0.111. The first-order valence-corrected chi connectivity index (χ1v) is 12.7. The molecule has 1 unspecified atom stereocenters. The standard InChI is InChI=1S/C22H25N7O4S/c1-14-13-33-10-9-29(14)21-17-11-28(34(2,31)32)12-18(17)25-20(27-21)15-3-5-16(6-4-15)24-22-23-8-7-19(30)26-22/h3-8,14H,9-13H2,1-2H3,(H2,23,24,26,30). The van der Waals surface area contributed by atoms with Gasteiger partial charge in [-0.15, -0.1) is 0 Å². The number of ether oxygens (including phenoxy) is 1. The molecule has 2 N–H and O–H groups in total. The summed E-state index contributed by atoms with van der Waals surface area (Å²) in [5.74, 6) is 1.63. The molecule has 1 atom stereocenters. The highest BCUT2D eigenvalue weighted by molar-refractivity contribution is 7.88. The van der Waals surface area contributed by atoms with Crippen LogP contribution in [0, 0.1) is 0 Å². The third-order valence-electron chi connectivity index (χ3n) is 5.92. The van der Waals surface area contributed by atoms with E-state index in [1.165, 1.54) is 22.8 Å². The summed E-state index contributed by atoms with van der Waals surface area (Å²) in [5.41, 5.74) is 2.86. The third-order valence-corrected chi connectivity index (χ3v) is 7.11. The molecule has 0 bridgehead atoms. The molecule has 5 rings (SSSR count). The van der Waals surface area contributed by atoms with E-state index >= 15 is 0 Å². The summed E-state index contributed by atoms with van der Waals surface area (Å²) in [6.45, 7) is 4.40. The molecular formula is C22H25N7O4S. The molecule has 4 heterocycles. The SMILES string of the molecule is CC1COCCN1c1nc(-c2ccc(Nc3nccc(=O)[nH]3)cc2)nc2c1CN(S(C)(=O)=O)C2. The van der Waals surface area contributed by atoms with Crippen molar-refractivity contribution in [3.05, 3.63) is 58.1 Å². The van der Waals surface area contributed by atoms with Crippen LogP contribution in [0.5, 0.6) is 0 Å². The number of rotatable bonds is 5. The number of fused-ring (bicyclic) bond motifs is 1. The van der Waals surface area contributed by atoms with Gasteiger partial charge in [0.15, 0.2) is 5.82 Å². The van der Waals surface area contributed by atoms with Crippen molar-refractivity contribution in [2.45, 2.75) is 26.1 Å². The molecule has 1 saturated heterocycles. The van der Waals surface area contributed by atoms with Gasteiger partial charge in [0.2, 0.25) is 16.0 Å². The molecular weight excluding hydrogens is 458 g/mol. The molecule has 0 spiro atoms. The average Bonchev–Trinajstić information content (AvgIpc) is 3.25. The summed E-state index contributed by atoms with van der Waals surface area (Å²) in [7, 11) is -3.36. The van der Waals surface area contributed by atoms with E-state index in [2.05, 4.69) is 27.1 Å². The average molecular weight is 484 g/mol. The van der Waals surface area contributed by atoms with Gasteiger partial charge in [-0.25, -0.2) is 23.4 Å². The van der Waals surface area contributed by atoms with Gasteiger partial charge in [0.1, 0.15) is 5.82 Å². The Labute approximate surface area is 196 Å². The largest absolute Gasteiger partial charge is 0.377 e. The van der Waals surface area contributed by atoms with Crippen molar-refractivity contribution in [2.24, 2.45) is 0 Å². The van der Waals surface area contributed by atoms with Crippen molar-refractivity contribution < 1.29 is 13.2 Å². The Balaban J connectivity index is 1.49. The van der Waals surface area contributed by atoms with Crippen molar-refractivity contribution in [1.29, 1.82) is 0 Å². The van der Waals surface area contributed by atoms with E-state index in [1.54, 1.807) is 0 Å². The summed E-state index contributed by atoms with van der Waals surface area (Å²) < 4.78 is 31.5. The lowest BCUT2D eigenvalue weighted by Gasteiger charge is -2.35. The van der Waals surface area contributed by atoms with E-state index in [9.17, 15) is 13.2 Å². The van der Waals surface area contributed by atoms with Crippen molar-refractivity contribution in [3.63, 3.8) is 0 Å². The second-order valence-corrected chi connectivity index (χ2v) is 10.4. The maximum atomic E-state index is 12.2. The number of nitrogens with one attached hydrogen (secondary N) is 2. The Morgan fingerprint density at radius 1 is 1.15 bits per heavy atom. The first-order valence-electron chi connectivity index (χ1n) is 10.9. The van der Waals surface area contributed by atoms with Crippen molar-refractivity contribution >= 4 is 27.5 Å². The molecule has 2 aromatic heterocycles. The van der Waals surface area contributed by atoms with Gasteiger partial charge >= 0.3 is 0 Å². The molecule has 0 saturated carbocycles. The van der Waals surface area contributed by atoms with Gasteiger partial charge in [0.25, 0.3) is 5.56 Å². The van der Waals surface area contributed by atoms with Crippen LogP contribution in [0.1, 0.15) is 18.2 Å². The minimum Gasteiger partial charge on any atom is -0.377 e. The fourth-order valence-corrected chi connectivity index (χ4v) is 4.85. The number of benzene rings is 1. The lowest BCUT2D eigenvalue weighted by Crippen LogP contribution is -2.44. The predicted molar refractivity (Wildman–Crippen MR) is 127 cm³/mol. The Morgan fingerprint density at radius 3 is 2.65 bits per heavy atom. The molecule has 2 aliphatic heterocycles. The van der Waals surface area contributed by atoms with Crippen molar-refractivity contribution in [1.82, 2.24) is 24.2 Å². The maximum Gasteiger partial charge on any atom is 0.252 e. The third kappa shape index (κ3) is 4.52. The zero-order valence-corrected chi connectivity index (χ0v) is 19.7. The van der Waals surface area contributed by atoms with Crippen molar-refractivity contribution in [2.75, 3.05) is 36.2 Å². The van der Waals surface area contributed by atoms with Crippen LogP contribution in [0.25, 0.3) is 11.4 Å². The molecule has 0 radical (unpaired) electrons. The number of anilines is 3. The number of morpholine rings is 1. The first-order chi connectivity index (χ1) is 16.3. The fraction of sp³-hybridized carbons (Fsp3) is 0.364. The topological polar surface area (TPSA) is 133 Å². The lowest BCUT2D eigenvalue weighted by atomic mass is 10.1. The van der Waals surface area contributed by atoms with Crippen LogP contribution in [-0.2, 0) is 27.8 Å². The number of nitrogens with zero attached hydrogens (tertiary/aromatic N) is 5. The highest BCUT2D eigenvalue weighted by Gasteiger charge is 2.34. The number of H-pyrrole nitrogens is 1. The minimum atomic E-state index is -3.36. The summed E-state index contributed by atoms with van der Waals surface area (Å²) in [6.07, 6.45) is 2.65. The Hall–Kier alpha value is -3.35. The molecule has 2 aliphatic rings. The number of aromatic nitrogens is 4. The second-order valence-electron chi connectivity index (χ2n) is 8.43.